The third-order valence-corrected chi connectivity index (χ3v) is 2.24. The second kappa shape index (κ2) is 5.84. The van der Waals surface area contributed by atoms with Crippen LogP contribution in [-0.2, 0) is 0 Å². The van der Waals surface area contributed by atoms with Gasteiger partial charge in [0.25, 0.3) is 0 Å². The number of ketones is 1. The predicted octanol–water partition coefficient (Wildman–Crippen LogP) is 2.59. The minimum Gasteiger partial charge on any atom is -0.332 e. The minimum atomic E-state index is -0.321. The lowest BCUT2D eigenvalue weighted by molar-refractivity contribution is 0.101. The number of Topliss-reactive ketones (excluding diaryl/α,β-unsaturated/α-hetero) is 1. The number of anilines is 1. The number of carbonyl (C=O) groups excluding carboxylic acids is 2. The van der Waals surface area contributed by atoms with Gasteiger partial charge < -0.3 is 10.6 Å². The van der Waals surface area contributed by atoms with Crippen LogP contribution in [0.3, 0.4) is 0 Å². The first kappa shape index (κ1) is 13.0. The van der Waals surface area contributed by atoms with E-state index in [1.54, 1.807) is 30.3 Å². The van der Waals surface area contributed by atoms with E-state index in [9.17, 15) is 9.59 Å². The highest BCUT2D eigenvalue weighted by atomic mass is 16.2. The van der Waals surface area contributed by atoms with Crippen LogP contribution in [0, 0.1) is 0 Å². The molecule has 17 heavy (non-hydrogen) atoms. The standard InChI is InChI=1S/C13H16N2O2/c1-4-9(2)14-13(17)15-12-7-5-6-11(8-12)10(3)16/h4-9H,1H2,2-3H3,(H2,14,15,17). The smallest absolute Gasteiger partial charge is 0.319 e. The van der Waals surface area contributed by atoms with E-state index in [4.69, 9.17) is 0 Å². The summed E-state index contributed by atoms with van der Waals surface area (Å²) in [6.07, 6.45) is 1.63. The van der Waals surface area contributed by atoms with Crippen molar-refractivity contribution in [1.29, 1.82) is 0 Å². The highest BCUT2D eigenvalue weighted by Crippen LogP contribution is 2.10. The number of amides is 2. The van der Waals surface area contributed by atoms with Crippen molar-refractivity contribution >= 4 is 17.5 Å². The zero-order valence-electron chi connectivity index (χ0n) is 9.99. The summed E-state index contributed by atoms with van der Waals surface area (Å²) < 4.78 is 0. The molecule has 0 saturated carbocycles. The summed E-state index contributed by atoms with van der Waals surface area (Å²) >= 11 is 0. The molecule has 0 heterocycles. The van der Waals surface area contributed by atoms with E-state index in [1.807, 2.05) is 6.92 Å². The normalized spacial score (nSPS) is 11.4. The van der Waals surface area contributed by atoms with Crippen LogP contribution in [0.4, 0.5) is 10.5 Å². The average molecular weight is 232 g/mol. The van der Waals surface area contributed by atoms with Crippen LogP contribution in [0.5, 0.6) is 0 Å². The topological polar surface area (TPSA) is 58.2 Å². The Morgan fingerprint density at radius 3 is 2.71 bits per heavy atom. The first-order valence-corrected chi connectivity index (χ1v) is 5.34. The molecule has 2 N–H and O–H groups in total. The second-order valence-electron chi connectivity index (χ2n) is 3.76. The average Bonchev–Trinajstić information content (AvgIpc) is 2.28. The van der Waals surface area contributed by atoms with Gasteiger partial charge in [-0.2, -0.15) is 0 Å². The Kier molecular flexibility index (Phi) is 4.46. The van der Waals surface area contributed by atoms with Crippen molar-refractivity contribution in [1.82, 2.24) is 5.32 Å². The Labute approximate surface area is 101 Å². The van der Waals surface area contributed by atoms with Crippen LogP contribution in [0.15, 0.2) is 36.9 Å². The Hall–Kier alpha value is -2.10. The van der Waals surface area contributed by atoms with Crippen molar-refractivity contribution in [3.05, 3.63) is 42.5 Å². The lowest BCUT2D eigenvalue weighted by Crippen LogP contribution is -2.34. The van der Waals surface area contributed by atoms with Crippen LogP contribution < -0.4 is 10.6 Å². The summed E-state index contributed by atoms with van der Waals surface area (Å²) in [5, 5.41) is 5.33. The van der Waals surface area contributed by atoms with Gasteiger partial charge in [0.1, 0.15) is 0 Å². The summed E-state index contributed by atoms with van der Waals surface area (Å²) in [5.74, 6) is -0.0338. The zero-order chi connectivity index (χ0) is 12.8. The molecule has 4 nitrogen and oxygen atoms in total. The van der Waals surface area contributed by atoms with Gasteiger partial charge in [0.15, 0.2) is 5.78 Å². The summed E-state index contributed by atoms with van der Waals surface area (Å²) in [6.45, 7) is 6.87. The van der Waals surface area contributed by atoms with Gasteiger partial charge in [0, 0.05) is 17.3 Å². The van der Waals surface area contributed by atoms with Gasteiger partial charge in [-0.1, -0.05) is 18.2 Å². The summed E-state index contributed by atoms with van der Waals surface area (Å²) in [7, 11) is 0. The maximum absolute atomic E-state index is 11.5. The molecule has 0 aliphatic heterocycles. The van der Waals surface area contributed by atoms with E-state index in [0.717, 1.165) is 0 Å². The lowest BCUT2D eigenvalue weighted by Gasteiger charge is -2.11. The molecule has 0 spiro atoms. The van der Waals surface area contributed by atoms with Gasteiger partial charge in [0.05, 0.1) is 0 Å². The Morgan fingerprint density at radius 2 is 2.12 bits per heavy atom. The Balaban J connectivity index is 2.68. The van der Waals surface area contributed by atoms with E-state index >= 15 is 0 Å². The monoisotopic (exact) mass is 232 g/mol. The van der Waals surface area contributed by atoms with E-state index in [2.05, 4.69) is 17.2 Å². The third kappa shape index (κ3) is 4.10. The van der Waals surface area contributed by atoms with E-state index in [0.29, 0.717) is 11.3 Å². The molecule has 1 rings (SSSR count). The number of rotatable bonds is 4. The molecule has 0 radical (unpaired) electrons. The number of urea groups is 1. The van der Waals surface area contributed by atoms with Crippen LogP contribution in [0.25, 0.3) is 0 Å². The number of benzene rings is 1. The predicted molar refractivity (Wildman–Crippen MR) is 68.3 cm³/mol. The highest BCUT2D eigenvalue weighted by molar-refractivity contribution is 5.96. The molecule has 1 unspecified atom stereocenters. The van der Waals surface area contributed by atoms with Crippen molar-refractivity contribution in [3.63, 3.8) is 0 Å². The largest absolute Gasteiger partial charge is 0.332 e. The maximum Gasteiger partial charge on any atom is 0.319 e. The van der Waals surface area contributed by atoms with Gasteiger partial charge in [-0.25, -0.2) is 4.79 Å². The molecule has 1 atom stereocenters. The number of carbonyl (C=O) groups is 2. The SMILES string of the molecule is C=CC(C)NC(=O)Nc1cccc(C(C)=O)c1. The molecule has 90 valence electrons. The highest BCUT2D eigenvalue weighted by Gasteiger charge is 2.05. The van der Waals surface area contributed by atoms with Crippen molar-refractivity contribution < 1.29 is 9.59 Å². The first-order chi connectivity index (χ1) is 8.02. The third-order valence-electron chi connectivity index (χ3n) is 2.24. The molecule has 4 heteroatoms. The lowest BCUT2D eigenvalue weighted by atomic mass is 10.1. The molecule has 0 aliphatic carbocycles. The van der Waals surface area contributed by atoms with Gasteiger partial charge >= 0.3 is 6.03 Å². The molecule has 1 aromatic carbocycles. The Bertz CT molecular complexity index is 441. The van der Waals surface area contributed by atoms with Gasteiger partial charge in [-0.3, -0.25) is 4.79 Å². The zero-order valence-corrected chi connectivity index (χ0v) is 9.99. The molecule has 0 aliphatic rings. The van der Waals surface area contributed by atoms with E-state index in [-0.39, 0.29) is 17.9 Å². The van der Waals surface area contributed by atoms with E-state index in [1.165, 1.54) is 6.92 Å². The van der Waals surface area contributed by atoms with Crippen LogP contribution in [0.1, 0.15) is 24.2 Å². The van der Waals surface area contributed by atoms with Gasteiger partial charge in [-0.05, 0) is 26.0 Å². The summed E-state index contributed by atoms with van der Waals surface area (Å²) in [4.78, 5) is 22.7. The minimum absolute atomic E-state index is 0.0338. The van der Waals surface area contributed by atoms with Gasteiger partial charge in [0.2, 0.25) is 0 Å². The quantitative estimate of drug-likeness (QED) is 0.619. The fourth-order valence-electron chi connectivity index (χ4n) is 1.25. The first-order valence-electron chi connectivity index (χ1n) is 5.34. The molecular formula is C13H16N2O2. The fraction of sp³-hybridized carbons (Fsp3) is 0.231. The Morgan fingerprint density at radius 1 is 1.41 bits per heavy atom. The number of nitrogens with one attached hydrogen (secondary N) is 2. The fourth-order valence-corrected chi connectivity index (χ4v) is 1.25. The second-order valence-corrected chi connectivity index (χ2v) is 3.76. The molecular weight excluding hydrogens is 216 g/mol. The van der Waals surface area contributed by atoms with Crippen molar-refractivity contribution in [3.8, 4) is 0 Å². The molecule has 0 fully saturated rings. The van der Waals surface area contributed by atoms with Crippen molar-refractivity contribution in [2.45, 2.75) is 19.9 Å². The van der Waals surface area contributed by atoms with Crippen molar-refractivity contribution in [2.24, 2.45) is 0 Å². The van der Waals surface area contributed by atoms with Gasteiger partial charge in [-0.15, -0.1) is 6.58 Å². The summed E-state index contributed by atoms with van der Waals surface area (Å²) in [5.41, 5.74) is 1.16. The maximum atomic E-state index is 11.5. The molecule has 2 amide bonds. The molecule has 0 saturated heterocycles. The molecule has 0 aromatic heterocycles. The molecule has 0 bridgehead atoms. The summed E-state index contributed by atoms with van der Waals surface area (Å²) in [6, 6.07) is 6.37. The number of hydrogen-bond donors (Lipinski definition) is 2. The molecule has 1 aromatic rings. The van der Waals surface area contributed by atoms with Crippen molar-refractivity contribution in [2.75, 3.05) is 5.32 Å². The number of hydrogen-bond acceptors (Lipinski definition) is 2. The van der Waals surface area contributed by atoms with Crippen LogP contribution in [-0.4, -0.2) is 17.9 Å². The van der Waals surface area contributed by atoms with E-state index < -0.39 is 0 Å². The van der Waals surface area contributed by atoms with Crippen LogP contribution in [0.2, 0.25) is 0 Å². The van der Waals surface area contributed by atoms with Crippen LogP contribution >= 0.6 is 0 Å².